The van der Waals surface area contributed by atoms with Gasteiger partial charge < -0.3 is 26.0 Å². The first-order chi connectivity index (χ1) is 16.7. The van der Waals surface area contributed by atoms with Crippen molar-refractivity contribution in [2.45, 2.75) is 98.7 Å². The maximum Gasteiger partial charge on any atom is 0.245 e. The number of hydrogen-bond acceptors (Lipinski definition) is 6. The molecule has 0 spiro atoms. The molecule has 0 rings (SSSR count). The van der Waals surface area contributed by atoms with E-state index in [9.17, 15) is 29.1 Å². The standard InChI is InChI=1S/C26H48N4O6/c1-9-10-11-12-22(33)29-23(17(4)5)26(36)28-21(14-30(8)19(7)32)25(35)27-20(13-16(2)3)24(34)18(6)15-31/h16-18,20-21,23,31H,9-15H2,1-8H3,(H,27,35)(H,28,36)(H,29,33)/t18-,20-,21-,23-/m0/s1. The molecule has 0 fully saturated rings. The van der Waals surface area contributed by atoms with Crippen LogP contribution < -0.4 is 16.0 Å². The number of hydrogen-bond donors (Lipinski definition) is 4. The van der Waals surface area contributed by atoms with E-state index in [-0.39, 0.29) is 42.6 Å². The molecule has 208 valence electrons. The van der Waals surface area contributed by atoms with Crippen molar-refractivity contribution in [3.8, 4) is 0 Å². The minimum Gasteiger partial charge on any atom is -0.396 e. The topological polar surface area (TPSA) is 145 Å². The molecule has 0 aromatic carbocycles. The molecule has 0 radical (unpaired) electrons. The van der Waals surface area contributed by atoms with Crippen LogP contribution in [0, 0.1) is 17.8 Å². The van der Waals surface area contributed by atoms with Crippen molar-refractivity contribution >= 4 is 29.4 Å². The zero-order chi connectivity index (χ0) is 28.0. The molecule has 4 amide bonds. The van der Waals surface area contributed by atoms with Crippen LogP contribution >= 0.6 is 0 Å². The van der Waals surface area contributed by atoms with Crippen LogP contribution in [-0.4, -0.2) is 77.7 Å². The highest BCUT2D eigenvalue weighted by Gasteiger charge is 2.33. The molecule has 0 aliphatic heterocycles. The number of likely N-dealkylation sites (N-methyl/N-ethyl adjacent to an activating group) is 1. The molecule has 4 atom stereocenters. The first-order valence-electron chi connectivity index (χ1n) is 13.0. The highest BCUT2D eigenvalue weighted by atomic mass is 16.3. The Kier molecular flexibility index (Phi) is 15.9. The van der Waals surface area contributed by atoms with E-state index in [0.29, 0.717) is 12.8 Å². The third-order valence-corrected chi connectivity index (χ3v) is 6.03. The van der Waals surface area contributed by atoms with E-state index >= 15 is 0 Å². The van der Waals surface area contributed by atoms with E-state index < -0.39 is 35.9 Å². The number of carbonyl (C=O) groups excluding carboxylic acids is 5. The van der Waals surface area contributed by atoms with Crippen LogP contribution in [0.1, 0.15) is 80.6 Å². The van der Waals surface area contributed by atoms with E-state index in [1.807, 2.05) is 20.8 Å². The summed E-state index contributed by atoms with van der Waals surface area (Å²) in [5.41, 5.74) is 0. The number of carbonyl (C=O) groups is 5. The molecule has 0 aromatic heterocycles. The first-order valence-corrected chi connectivity index (χ1v) is 13.0. The molecular weight excluding hydrogens is 464 g/mol. The normalized spacial score (nSPS) is 14.5. The van der Waals surface area contributed by atoms with Gasteiger partial charge in [-0.25, -0.2) is 0 Å². The fourth-order valence-corrected chi connectivity index (χ4v) is 3.60. The smallest absolute Gasteiger partial charge is 0.245 e. The molecule has 4 N–H and O–H groups in total. The summed E-state index contributed by atoms with van der Waals surface area (Å²) in [6.07, 6.45) is 3.28. The second-order valence-electron chi connectivity index (χ2n) is 10.4. The maximum atomic E-state index is 13.3. The summed E-state index contributed by atoms with van der Waals surface area (Å²) >= 11 is 0. The molecule has 0 saturated heterocycles. The average molecular weight is 513 g/mol. The van der Waals surface area contributed by atoms with Crippen LogP contribution in [0.5, 0.6) is 0 Å². The van der Waals surface area contributed by atoms with Crippen LogP contribution in [-0.2, 0) is 24.0 Å². The molecule has 0 saturated carbocycles. The van der Waals surface area contributed by atoms with Gasteiger partial charge in [-0.3, -0.25) is 24.0 Å². The molecule has 0 bridgehead atoms. The van der Waals surface area contributed by atoms with Crippen molar-refractivity contribution < 1.29 is 29.1 Å². The molecule has 10 heteroatoms. The number of ketones is 1. The summed E-state index contributed by atoms with van der Waals surface area (Å²) in [6.45, 7) is 11.9. The predicted molar refractivity (Wildman–Crippen MR) is 139 cm³/mol. The van der Waals surface area contributed by atoms with E-state index in [2.05, 4.69) is 16.0 Å². The minimum atomic E-state index is -1.14. The Morgan fingerprint density at radius 2 is 1.44 bits per heavy atom. The predicted octanol–water partition coefficient (Wildman–Crippen LogP) is 1.40. The van der Waals surface area contributed by atoms with E-state index in [1.165, 1.54) is 18.9 Å². The van der Waals surface area contributed by atoms with Crippen LogP contribution in [0.2, 0.25) is 0 Å². The summed E-state index contributed by atoms with van der Waals surface area (Å²) < 4.78 is 0. The Morgan fingerprint density at radius 1 is 0.861 bits per heavy atom. The summed E-state index contributed by atoms with van der Waals surface area (Å²) in [6, 6.07) is -2.85. The second kappa shape index (κ2) is 17.1. The fourth-order valence-electron chi connectivity index (χ4n) is 3.60. The van der Waals surface area contributed by atoms with E-state index in [4.69, 9.17) is 0 Å². The number of nitrogens with zero attached hydrogens (tertiary/aromatic N) is 1. The average Bonchev–Trinajstić information content (AvgIpc) is 2.79. The highest BCUT2D eigenvalue weighted by Crippen LogP contribution is 2.12. The summed E-state index contributed by atoms with van der Waals surface area (Å²) in [7, 11) is 1.51. The second-order valence-corrected chi connectivity index (χ2v) is 10.4. The Morgan fingerprint density at radius 3 is 1.92 bits per heavy atom. The van der Waals surface area contributed by atoms with Gasteiger partial charge in [0.25, 0.3) is 0 Å². The highest BCUT2D eigenvalue weighted by molar-refractivity contribution is 5.95. The van der Waals surface area contributed by atoms with E-state index in [0.717, 1.165) is 19.3 Å². The van der Waals surface area contributed by atoms with Crippen molar-refractivity contribution in [3.05, 3.63) is 0 Å². The van der Waals surface area contributed by atoms with Crippen molar-refractivity contribution in [2.75, 3.05) is 20.2 Å². The van der Waals surface area contributed by atoms with E-state index in [1.54, 1.807) is 20.8 Å². The Labute approximate surface area is 216 Å². The maximum absolute atomic E-state index is 13.3. The molecule has 0 aromatic rings. The Bertz CT molecular complexity index is 740. The molecular formula is C26H48N4O6. The first kappa shape index (κ1) is 33.5. The zero-order valence-electron chi connectivity index (χ0n) is 23.3. The lowest BCUT2D eigenvalue weighted by atomic mass is 9.93. The number of nitrogens with one attached hydrogen (secondary N) is 3. The zero-order valence-corrected chi connectivity index (χ0v) is 23.3. The van der Waals surface area contributed by atoms with Gasteiger partial charge in [0.1, 0.15) is 12.1 Å². The van der Waals surface area contributed by atoms with Gasteiger partial charge >= 0.3 is 0 Å². The van der Waals surface area contributed by atoms with Crippen LogP contribution in [0.4, 0.5) is 0 Å². The molecule has 36 heavy (non-hydrogen) atoms. The molecule has 0 heterocycles. The van der Waals surface area contributed by atoms with Crippen molar-refractivity contribution in [1.82, 2.24) is 20.9 Å². The molecule has 10 nitrogen and oxygen atoms in total. The van der Waals surface area contributed by atoms with Gasteiger partial charge in [0.2, 0.25) is 23.6 Å². The van der Waals surface area contributed by atoms with Gasteiger partial charge in [0.15, 0.2) is 5.78 Å². The lowest BCUT2D eigenvalue weighted by molar-refractivity contribution is -0.136. The number of amides is 4. The van der Waals surface area contributed by atoms with Crippen molar-refractivity contribution in [2.24, 2.45) is 17.8 Å². The fraction of sp³-hybridized carbons (Fsp3) is 0.808. The largest absolute Gasteiger partial charge is 0.396 e. The van der Waals surface area contributed by atoms with Crippen molar-refractivity contribution in [3.63, 3.8) is 0 Å². The molecule has 0 aliphatic carbocycles. The van der Waals surface area contributed by atoms with Gasteiger partial charge in [-0.15, -0.1) is 0 Å². The Balaban J connectivity index is 5.73. The number of unbranched alkanes of at least 4 members (excludes halogenated alkanes) is 2. The number of rotatable bonds is 17. The third kappa shape index (κ3) is 12.5. The van der Waals surface area contributed by atoms with Gasteiger partial charge in [0, 0.05) is 32.9 Å². The summed E-state index contributed by atoms with van der Waals surface area (Å²) in [4.78, 5) is 64.7. The molecule has 0 aliphatic rings. The number of aliphatic hydroxyl groups is 1. The minimum absolute atomic E-state index is 0.0892. The van der Waals surface area contributed by atoms with Crippen LogP contribution in [0.25, 0.3) is 0 Å². The monoisotopic (exact) mass is 512 g/mol. The lowest BCUT2D eigenvalue weighted by Crippen LogP contribution is -2.60. The van der Waals surface area contributed by atoms with Crippen LogP contribution in [0.15, 0.2) is 0 Å². The van der Waals surface area contributed by atoms with Gasteiger partial charge in [-0.1, -0.05) is 54.4 Å². The SMILES string of the molecule is CCCCCC(=O)N[C@H](C(=O)N[C@@H](CN(C)C(C)=O)C(=O)N[C@@H](CC(C)C)C(=O)[C@@H](C)CO)C(C)C. The summed E-state index contributed by atoms with van der Waals surface area (Å²) in [5, 5.41) is 17.6. The summed E-state index contributed by atoms with van der Waals surface area (Å²) in [5.74, 6) is -2.80. The Hall–Kier alpha value is -2.49. The molecule has 0 unspecified atom stereocenters. The number of Topliss-reactive ketones (excluding diaryl/α,β-unsaturated/α-hetero) is 1. The van der Waals surface area contributed by atoms with Crippen molar-refractivity contribution in [1.29, 1.82) is 0 Å². The lowest BCUT2D eigenvalue weighted by Gasteiger charge is -2.29. The van der Waals surface area contributed by atoms with Gasteiger partial charge in [0.05, 0.1) is 12.6 Å². The quantitative estimate of drug-likeness (QED) is 0.217. The third-order valence-electron chi connectivity index (χ3n) is 6.03. The van der Waals surface area contributed by atoms with Gasteiger partial charge in [-0.05, 0) is 24.7 Å². The van der Waals surface area contributed by atoms with Crippen LogP contribution in [0.3, 0.4) is 0 Å². The number of aliphatic hydroxyl groups excluding tert-OH is 1. The van der Waals surface area contributed by atoms with Gasteiger partial charge in [-0.2, -0.15) is 0 Å².